The lowest BCUT2D eigenvalue weighted by Gasteiger charge is -2.09. The van der Waals surface area contributed by atoms with E-state index in [0.717, 1.165) is 17.2 Å². The molecule has 0 bridgehead atoms. The SMILES string of the molecule is Cc1ccc(S(=O)(=O)NCC(=O)OCc2ccc(F)cc2Cl)cc1C. The maximum Gasteiger partial charge on any atom is 0.321 e. The van der Waals surface area contributed by atoms with Crippen LogP contribution in [0, 0.1) is 19.7 Å². The number of aryl methyl sites for hydroxylation is 2. The predicted molar refractivity (Wildman–Crippen MR) is 92.3 cm³/mol. The minimum Gasteiger partial charge on any atom is -0.460 e. The lowest BCUT2D eigenvalue weighted by molar-refractivity contribution is -0.143. The molecular weight excluding hydrogens is 369 g/mol. The molecule has 0 spiro atoms. The Balaban J connectivity index is 1.93. The predicted octanol–water partition coefficient (Wildman–Crippen LogP) is 3.12. The minimum absolute atomic E-state index is 0.0741. The third-order valence-corrected chi connectivity index (χ3v) is 5.35. The van der Waals surface area contributed by atoms with Gasteiger partial charge in [-0.2, -0.15) is 4.72 Å². The molecule has 0 saturated heterocycles. The van der Waals surface area contributed by atoms with E-state index in [1.807, 2.05) is 6.92 Å². The molecule has 5 nitrogen and oxygen atoms in total. The average Bonchev–Trinajstić information content (AvgIpc) is 2.54. The summed E-state index contributed by atoms with van der Waals surface area (Å²) in [4.78, 5) is 11.8. The molecule has 0 heterocycles. The number of hydrogen-bond acceptors (Lipinski definition) is 4. The Morgan fingerprint density at radius 2 is 1.88 bits per heavy atom. The number of nitrogens with one attached hydrogen (secondary N) is 1. The van der Waals surface area contributed by atoms with Crippen molar-refractivity contribution in [2.24, 2.45) is 0 Å². The monoisotopic (exact) mass is 385 g/mol. The fraction of sp³-hybridized carbons (Fsp3) is 0.235. The second kappa shape index (κ2) is 7.95. The van der Waals surface area contributed by atoms with Crippen molar-refractivity contribution in [3.63, 3.8) is 0 Å². The van der Waals surface area contributed by atoms with Gasteiger partial charge in [0.25, 0.3) is 0 Å². The van der Waals surface area contributed by atoms with Crippen LogP contribution in [0.4, 0.5) is 4.39 Å². The van der Waals surface area contributed by atoms with E-state index in [1.54, 1.807) is 13.0 Å². The smallest absolute Gasteiger partial charge is 0.321 e. The quantitative estimate of drug-likeness (QED) is 0.775. The molecule has 2 rings (SSSR count). The molecule has 1 N–H and O–H groups in total. The number of esters is 1. The van der Waals surface area contributed by atoms with E-state index in [2.05, 4.69) is 4.72 Å². The molecule has 0 radical (unpaired) electrons. The van der Waals surface area contributed by atoms with Gasteiger partial charge >= 0.3 is 5.97 Å². The number of carbonyl (C=O) groups excluding carboxylic acids is 1. The first-order valence-electron chi connectivity index (χ1n) is 7.35. The van der Waals surface area contributed by atoms with Gasteiger partial charge in [0.1, 0.15) is 19.0 Å². The highest BCUT2D eigenvalue weighted by atomic mass is 35.5. The number of benzene rings is 2. The van der Waals surface area contributed by atoms with Crippen LogP contribution in [0.3, 0.4) is 0 Å². The fourth-order valence-electron chi connectivity index (χ4n) is 1.97. The van der Waals surface area contributed by atoms with Gasteiger partial charge in [0.2, 0.25) is 10.0 Å². The Morgan fingerprint density at radius 3 is 2.52 bits per heavy atom. The van der Waals surface area contributed by atoms with E-state index in [4.69, 9.17) is 16.3 Å². The third-order valence-electron chi connectivity index (χ3n) is 3.60. The molecule has 25 heavy (non-hydrogen) atoms. The second-order valence-electron chi connectivity index (χ2n) is 5.47. The largest absolute Gasteiger partial charge is 0.460 e. The van der Waals surface area contributed by atoms with Crippen LogP contribution in [0.5, 0.6) is 0 Å². The first-order chi connectivity index (χ1) is 11.7. The van der Waals surface area contributed by atoms with Gasteiger partial charge in [0, 0.05) is 5.56 Å². The Morgan fingerprint density at radius 1 is 1.16 bits per heavy atom. The van der Waals surface area contributed by atoms with Gasteiger partial charge in [-0.3, -0.25) is 4.79 Å². The number of hydrogen-bond donors (Lipinski definition) is 1. The summed E-state index contributed by atoms with van der Waals surface area (Å²) >= 11 is 5.83. The number of rotatable bonds is 6. The number of sulfonamides is 1. The summed E-state index contributed by atoms with van der Waals surface area (Å²) in [5.41, 5.74) is 2.22. The van der Waals surface area contributed by atoms with E-state index in [1.165, 1.54) is 24.3 Å². The molecule has 0 aliphatic heterocycles. The fourth-order valence-corrected chi connectivity index (χ4v) is 3.24. The van der Waals surface area contributed by atoms with Crippen LogP contribution in [0.15, 0.2) is 41.3 Å². The molecule has 8 heteroatoms. The Labute approximate surface area is 150 Å². The summed E-state index contributed by atoms with van der Waals surface area (Å²) < 4.78 is 44.4. The molecule has 0 saturated carbocycles. The highest BCUT2D eigenvalue weighted by Gasteiger charge is 2.17. The maximum absolute atomic E-state index is 12.9. The molecule has 2 aromatic rings. The van der Waals surface area contributed by atoms with Gasteiger partial charge in [-0.15, -0.1) is 0 Å². The van der Waals surface area contributed by atoms with Gasteiger partial charge in [0.05, 0.1) is 9.92 Å². The van der Waals surface area contributed by atoms with Crippen LogP contribution in [0.2, 0.25) is 5.02 Å². The number of ether oxygens (including phenoxy) is 1. The zero-order chi connectivity index (χ0) is 18.6. The Kier molecular flexibility index (Phi) is 6.16. The van der Waals surface area contributed by atoms with Crippen molar-refractivity contribution in [3.8, 4) is 0 Å². The summed E-state index contributed by atoms with van der Waals surface area (Å²) in [6.45, 7) is 2.98. The zero-order valence-corrected chi connectivity index (χ0v) is 15.2. The van der Waals surface area contributed by atoms with Crippen molar-refractivity contribution in [1.29, 1.82) is 0 Å². The molecule has 0 amide bonds. The van der Waals surface area contributed by atoms with Crippen LogP contribution in [0.1, 0.15) is 16.7 Å². The highest BCUT2D eigenvalue weighted by Crippen LogP contribution is 2.18. The van der Waals surface area contributed by atoms with Crippen molar-refractivity contribution in [3.05, 3.63) is 63.9 Å². The summed E-state index contributed by atoms with van der Waals surface area (Å²) in [6, 6.07) is 8.38. The molecule has 0 atom stereocenters. The van der Waals surface area contributed by atoms with Crippen LogP contribution in [0.25, 0.3) is 0 Å². The number of carbonyl (C=O) groups is 1. The van der Waals surface area contributed by atoms with Gasteiger partial charge in [0.15, 0.2) is 0 Å². The summed E-state index contributed by atoms with van der Waals surface area (Å²) in [6.07, 6.45) is 0. The zero-order valence-electron chi connectivity index (χ0n) is 13.7. The van der Waals surface area contributed by atoms with Gasteiger partial charge < -0.3 is 4.74 Å². The lowest BCUT2D eigenvalue weighted by atomic mass is 10.1. The average molecular weight is 386 g/mol. The van der Waals surface area contributed by atoms with Gasteiger partial charge in [-0.25, -0.2) is 12.8 Å². The Hall–Kier alpha value is -1.96. The maximum atomic E-state index is 12.9. The van der Waals surface area contributed by atoms with E-state index in [9.17, 15) is 17.6 Å². The lowest BCUT2D eigenvalue weighted by Crippen LogP contribution is -2.30. The van der Waals surface area contributed by atoms with E-state index in [-0.39, 0.29) is 16.5 Å². The van der Waals surface area contributed by atoms with Crippen LogP contribution in [-0.4, -0.2) is 20.9 Å². The van der Waals surface area contributed by atoms with Crippen molar-refractivity contribution in [1.82, 2.24) is 4.72 Å². The normalized spacial score (nSPS) is 11.4. The molecule has 134 valence electrons. The van der Waals surface area contributed by atoms with Crippen LogP contribution >= 0.6 is 11.6 Å². The summed E-state index contributed by atoms with van der Waals surface area (Å²) in [5, 5.41) is 0.128. The topological polar surface area (TPSA) is 72.5 Å². The van der Waals surface area contributed by atoms with Crippen molar-refractivity contribution >= 4 is 27.6 Å². The molecule has 0 aliphatic carbocycles. The highest BCUT2D eigenvalue weighted by molar-refractivity contribution is 7.89. The minimum atomic E-state index is -3.82. The summed E-state index contributed by atoms with van der Waals surface area (Å²) in [7, 11) is -3.82. The Bertz CT molecular complexity index is 900. The van der Waals surface area contributed by atoms with Gasteiger partial charge in [-0.05, 0) is 49.2 Å². The molecule has 0 aromatic heterocycles. The molecule has 2 aromatic carbocycles. The first-order valence-corrected chi connectivity index (χ1v) is 9.21. The van der Waals surface area contributed by atoms with Crippen LogP contribution in [-0.2, 0) is 26.2 Å². The van der Waals surface area contributed by atoms with Gasteiger partial charge in [-0.1, -0.05) is 23.7 Å². The molecule has 0 unspecified atom stereocenters. The van der Waals surface area contributed by atoms with Crippen molar-refractivity contribution in [2.75, 3.05) is 6.54 Å². The van der Waals surface area contributed by atoms with Crippen LogP contribution < -0.4 is 4.72 Å². The molecule has 0 aliphatic rings. The third kappa shape index (κ3) is 5.26. The van der Waals surface area contributed by atoms with Crippen molar-refractivity contribution < 1.29 is 22.3 Å². The van der Waals surface area contributed by atoms with E-state index in [0.29, 0.717) is 5.56 Å². The standard InChI is InChI=1S/C17H17ClFNO4S/c1-11-3-6-15(7-12(11)2)25(22,23)20-9-17(21)24-10-13-4-5-14(19)8-16(13)18/h3-8,20H,9-10H2,1-2H3. The molecular formula is C17H17ClFNO4S. The van der Waals surface area contributed by atoms with E-state index < -0.39 is 28.4 Å². The van der Waals surface area contributed by atoms with Crippen molar-refractivity contribution in [2.45, 2.75) is 25.3 Å². The first kappa shape index (κ1) is 19.4. The summed E-state index contributed by atoms with van der Waals surface area (Å²) in [5.74, 6) is -1.27. The number of halogens is 2. The second-order valence-corrected chi connectivity index (χ2v) is 7.64. The molecule has 0 fully saturated rings. The van der Waals surface area contributed by atoms with E-state index >= 15 is 0 Å².